The second-order valence-electron chi connectivity index (χ2n) is 2.35. The van der Waals surface area contributed by atoms with Gasteiger partial charge in [0, 0.05) is 18.8 Å². The van der Waals surface area contributed by atoms with E-state index in [-0.39, 0.29) is 0 Å². The average molecular weight is 112 g/mol. The molecule has 46 valence electrons. The van der Waals surface area contributed by atoms with Crippen molar-refractivity contribution < 1.29 is 0 Å². The first kappa shape index (κ1) is 5.76. The third-order valence-corrected chi connectivity index (χ3v) is 1.36. The molecule has 0 radical (unpaired) electrons. The summed E-state index contributed by atoms with van der Waals surface area (Å²) in [5.74, 6) is 0. The summed E-state index contributed by atoms with van der Waals surface area (Å²) in [6.45, 7) is 5.25. The van der Waals surface area contributed by atoms with Gasteiger partial charge in [0.05, 0.1) is 6.54 Å². The van der Waals surface area contributed by atoms with Crippen LogP contribution >= 0.6 is 0 Å². The van der Waals surface area contributed by atoms with E-state index < -0.39 is 0 Å². The Morgan fingerprint density at radius 3 is 2.75 bits per heavy atom. The molecule has 0 saturated heterocycles. The predicted octanol–water partition coefficient (Wildman–Crippen LogP) is 0.393. The standard InChI is InChI=1S/C6H12N2/c1-6-5-8(2)4-3-7-6/h3-5H2,1-2H3. The molecule has 1 heterocycles. The molecule has 0 bridgehead atoms. The van der Waals surface area contributed by atoms with E-state index >= 15 is 0 Å². The van der Waals surface area contributed by atoms with Gasteiger partial charge in [0.2, 0.25) is 0 Å². The molecule has 0 aromatic carbocycles. The molecule has 2 nitrogen and oxygen atoms in total. The van der Waals surface area contributed by atoms with Crippen LogP contribution < -0.4 is 0 Å². The maximum atomic E-state index is 4.26. The van der Waals surface area contributed by atoms with E-state index in [1.807, 2.05) is 0 Å². The Morgan fingerprint density at radius 1 is 1.62 bits per heavy atom. The van der Waals surface area contributed by atoms with Gasteiger partial charge >= 0.3 is 0 Å². The minimum Gasteiger partial charge on any atom is -0.299 e. The Kier molecular flexibility index (Phi) is 1.63. The van der Waals surface area contributed by atoms with E-state index in [0.717, 1.165) is 19.6 Å². The fourth-order valence-electron chi connectivity index (χ4n) is 0.931. The van der Waals surface area contributed by atoms with Crippen LogP contribution in [0.4, 0.5) is 0 Å². The molecule has 1 aliphatic heterocycles. The highest BCUT2D eigenvalue weighted by Crippen LogP contribution is 1.92. The summed E-state index contributed by atoms with van der Waals surface area (Å²) in [6, 6.07) is 0. The predicted molar refractivity (Wildman–Crippen MR) is 35.5 cm³/mol. The number of aliphatic imine (C=N–C) groups is 1. The van der Waals surface area contributed by atoms with Crippen molar-refractivity contribution in [1.29, 1.82) is 0 Å². The van der Waals surface area contributed by atoms with Crippen LogP contribution in [0, 0.1) is 0 Å². The summed E-state index contributed by atoms with van der Waals surface area (Å²) in [6.07, 6.45) is 0. The van der Waals surface area contributed by atoms with Crippen molar-refractivity contribution >= 4 is 5.71 Å². The van der Waals surface area contributed by atoms with Crippen LogP contribution in [-0.4, -0.2) is 37.3 Å². The molecule has 0 saturated carbocycles. The molecular weight excluding hydrogens is 100 g/mol. The van der Waals surface area contributed by atoms with E-state index in [1.54, 1.807) is 0 Å². The van der Waals surface area contributed by atoms with Gasteiger partial charge in [-0.25, -0.2) is 0 Å². The van der Waals surface area contributed by atoms with Crippen molar-refractivity contribution in [3.8, 4) is 0 Å². The minimum atomic E-state index is 0.988. The van der Waals surface area contributed by atoms with E-state index in [4.69, 9.17) is 0 Å². The quantitative estimate of drug-likeness (QED) is 0.442. The van der Waals surface area contributed by atoms with E-state index in [1.165, 1.54) is 5.71 Å². The van der Waals surface area contributed by atoms with Crippen molar-refractivity contribution in [2.75, 3.05) is 26.7 Å². The normalized spacial score (nSPS) is 23.0. The third-order valence-electron chi connectivity index (χ3n) is 1.36. The first-order chi connectivity index (χ1) is 3.79. The second-order valence-corrected chi connectivity index (χ2v) is 2.35. The molecule has 0 aromatic heterocycles. The number of hydrogen-bond acceptors (Lipinski definition) is 2. The zero-order valence-corrected chi connectivity index (χ0v) is 5.52. The Bertz CT molecular complexity index is 107. The molecule has 1 rings (SSSR count). The molecule has 0 atom stereocenters. The minimum absolute atomic E-state index is 0.988. The van der Waals surface area contributed by atoms with Crippen LogP contribution in [0.25, 0.3) is 0 Å². The molecule has 2 heteroatoms. The molecule has 0 unspecified atom stereocenters. The van der Waals surface area contributed by atoms with E-state index in [0.29, 0.717) is 0 Å². The van der Waals surface area contributed by atoms with Gasteiger partial charge in [0.25, 0.3) is 0 Å². The summed E-state index contributed by atoms with van der Waals surface area (Å²) >= 11 is 0. The number of likely N-dealkylation sites (N-methyl/N-ethyl adjacent to an activating group) is 1. The van der Waals surface area contributed by atoms with Gasteiger partial charge in [-0.15, -0.1) is 0 Å². The lowest BCUT2D eigenvalue weighted by atomic mass is 10.3. The number of nitrogens with zero attached hydrogens (tertiary/aromatic N) is 2. The largest absolute Gasteiger partial charge is 0.299 e. The first-order valence-electron chi connectivity index (χ1n) is 2.97. The highest BCUT2D eigenvalue weighted by atomic mass is 15.1. The van der Waals surface area contributed by atoms with Gasteiger partial charge in [0.1, 0.15) is 0 Å². The Labute approximate surface area is 50.2 Å². The lowest BCUT2D eigenvalue weighted by Crippen LogP contribution is -2.31. The molecule has 0 aliphatic carbocycles. The van der Waals surface area contributed by atoms with Gasteiger partial charge in [-0.05, 0) is 14.0 Å². The summed E-state index contributed by atoms with van der Waals surface area (Å²) in [7, 11) is 2.12. The van der Waals surface area contributed by atoms with Crippen LogP contribution in [0.15, 0.2) is 4.99 Å². The zero-order valence-electron chi connectivity index (χ0n) is 5.52. The monoisotopic (exact) mass is 112 g/mol. The van der Waals surface area contributed by atoms with Crippen molar-refractivity contribution in [2.24, 2.45) is 4.99 Å². The van der Waals surface area contributed by atoms with Crippen molar-refractivity contribution in [3.63, 3.8) is 0 Å². The summed E-state index contributed by atoms with van der Waals surface area (Å²) in [5, 5.41) is 0. The van der Waals surface area contributed by atoms with Gasteiger partial charge in [-0.3, -0.25) is 9.89 Å². The smallest absolute Gasteiger partial charge is 0.0516 e. The van der Waals surface area contributed by atoms with Crippen molar-refractivity contribution in [3.05, 3.63) is 0 Å². The SMILES string of the molecule is CC1=NCCN(C)C1. The van der Waals surface area contributed by atoms with Gasteiger partial charge in [-0.2, -0.15) is 0 Å². The van der Waals surface area contributed by atoms with Crippen LogP contribution in [0.3, 0.4) is 0 Å². The van der Waals surface area contributed by atoms with Crippen molar-refractivity contribution in [1.82, 2.24) is 4.90 Å². The summed E-state index contributed by atoms with van der Waals surface area (Å²) in [4.78, 5) is 6.54. The van der Waals surface area contributed by atoms with Crippen LogP contribution in [0.2, 0.25) is 0 Å². The lowest BCUT2D eigenvalue weighted by molar-refractivity contribution is 0.378. The molecule has 0 spiro atoms. The molecule has 8 heavy (non-hydrogen) atoms. The van der Waals surface area contributed by atoms with Gasteiger partial charge < -0.3 is 0 Å². The molecular formula is C6H12N2. The van der Waals surface area contributed by atoms with Crippen molar-refractivity contribution in [2.45, 2.75) is 6.92 Å². The Morgan fingerprint density at radius 2 is 2.38 bits per heavy atom. The maximum Gasteiger partial charge on any atom is 0.0516 e. The van der Waals surface area contributed by atoms with Crippen LogP contribution in [0.5, 0.6) is 0 Å². The van der Waals surface area contributed by atoms with Crippen LogP contribution in [0.1, 0.15) is 6.92 Å². The van der Waals surface area contributed by atoms with E-state index in [2.05, 4.69) is 23.9 Å². The summed E-state index contributed by atoms with van der Waals surface area (Å²) in [5.41, 5.74) is 1.26. The zero-order chi connectivity index (χ0) is 5.98. The highest BCUT2D eigenvalue weighted by Gasteiger charge is 2.03. The molecule has 1 aliphatic rings. The topological polar surface area (TPSA) is 15.6 Å². The fraction of sp³-hybridized carbons (Fsp3) is 0.833. The molecule has 0 aromatic rings. The molecule has 0 fully saturated rings. The number of hydrogen-bond donors (Lipinski definition) is 0. The maximum absolute atomic E-state index is 4.26. The van der Waals surface area contributed by atoms with Gasteiger partial charge in [-0.1, -0.05) is 0 Å². The van der Waals surface area contributed by atoms with E-state index in [9.17, 15) is 0 Å². The Hall–Kier alpha value is -0.370. The Balaban J connectivity index is 2.45. The highest BCUT2D eigenvalue weighted by molar-refractivity contribution is 5.84. The van der Waals surface area contributed by atoms with Gasteiger partial charge in [0.15, 0.2) is 0 Å². The average Bonchev–Trinajstić information content (AvgIpc) is 1.64. The molecule has 0 amide bonds. The first-order valence-corrected chi connectivity index (χ1v) is 2.97. The summed E-state index contributed by atoms with van der Waals surface area (Å²) < 4.78 is 0. The lowest BCUT2D eigenvalue weighted by Gasteiger charge is -2.19. The molecule has 0 N–H and O–H groups in total. The van der Waals surface area contributed by atoms with Crippen LogP contribution in [-0.2, 0) is 0 Å². The fourth-order valence-corrected chi connectivity index (χ4v) is 0.931. The third kappa shape index (κ3) is 1.30. The number of rotatable bonds is 0. The second kappa shape index (κ2) is 2.27.